The molecule has 0 aromatic heterocycles. The molecule has 9 heteroatoms. The first-order valence-corrected chi connectivity index (χ1v) is 18.1. The van der Waals surface area contributed by atoms with Crippen molar-refractivity contribution in [2.75, 3.05) is 13.2 Å². The van der Waals surface area contributed by atoms with E-state index in [4.69, 9.17) is 9.47 Å². The molecule has 0 bridgehead atoms. The van der Waals surface area contributed by atoms with Crippen LogP contribution in [0.1, 0.15) is 142 Å². The summed E-state index contributed by atoms with van der Waals surface area (Å²) in [5.41, 5.74) is 0. The summed E-state index contributed by atoms with van der Waals surface area (Å²) in [6.45, 7) is 3.68. The summed E-state index contributed by atoms with van der Waals surface area (Å²) >= 11 is 0. The number of hydrogen-bond donors (Lipinski definition) is 6. The molecule has 1 rings (SSSR count). The van der Waals surface area contributed by atoms with Crippen molar-refractivity contribution in [3.63, 3.8) is 0 Å². The zero-order chi connectivity index (χ0) is 33.1. The Hall–Kier alpha value is -1.33. The van der Waals surface area contributed by atoms with Crippen LogP contribution in [-0.4, -0.2) is 87.5 Å². The molecular formula is C36H67NO8. The maximum Gasteiger partial charge on any atom is 0.220 e. The van der Waals surface area contributed by atoms with E-state index in [0.29, 0.717) is 6.42 Å². The fourth-order valence-electron chi connectivity index (χ4n) is 5.52. The van der Waals surface area contributed by atoms with Crippen molar-refractivity contribution in [1.29, 1.82) is 0 Å². The Morgan fingerprint density at radius 1 is 0.733 bits per heavy atom. The van der Waals surface area contributed by atoms with Gasteiger partial charge < -0.3 is 40.3 Å². The molecule has 2 unspecified atom stereocenters. The van der Waals surface area contributed by atoms with Crippen LogP contribution in [0.5, 0.6) is 0 Å². The highest BCUT2D eigenvalue weighted by Crippen LogP contribution is 2.22. The molecule has 1 amide bonds. The monoisotopic (exact) mass is 641 g/mol. The van der Waals surface area contributed by atoms with E-state index in [0.717, 1.165) is 38.5 Å². The molecule has 0 aliphatic carbocycles. The van der Waals surface area contributed by atoms with Crippen LogP contribution in [0.4, 0.5) is 0 Å². The average Bonchev–Trinajstić information content (AvgIpc) is 3.04. The Balaban J connectivity index is 2.53. The number of amides is 1. The topological polar surface area (TPSA) is 149 Å². The molecule has 6 N–H and O–H groups in total. The van der Waals surface area contributed by atoms with Gasteiger partial charge >= 0.3 is 0 Å². The van der Waals surface area contributed by atoms with E-state index in [1.165, 1.54) is 83.5 Å². The highest BCUT2D eigenvalue weighted by Gasteiger charge is 2.44. The van der Waals surface area contributed by atoms with Gasteiger partial charge in [0.25, 0.3) is 0 Å². The lowest BCUT2D eigenvalue weighted by molar-refractivity contribution is -0.302. The lowest BCUT2D eigenvalue weighted by atomic mass is 9.99. The molecule has 9 nitrogen and oxygen atoms in total. The van der Waals surface area contributed by atoms with Crippen LogP contribution >= 0.6 is 0 Å². The Kier molecular flexibility index (Phi) is 25.7. The van der Waals surface area contributed by atoms with Gasteiger partial charge in [0, 0.05) is 6.42 Å². The third kappa shape index (κ3) is 19.8. The maximum atomic E-state index is 12.8. The second-order valence-electron chi connectivity index (χ2n) is 12.7. The molecule has 0 saturated carbocycles. The maximum absolute atomic E-state index is 12.8. The Morgan fingerprint density at radius 2 is 1.27 bits per heavy atom. The number of aliphatic hydroxyl groups excluding tert-OH is 5. The third-order valence-electron chi connectivity index (χ3n) is 8.53. The van der Waals surface area contributed by atoms with Crippen molar-refractivity contribution in [2.24, 2.45) is 0 Å². The Morgan fingerprint density at radius 3 is 1.87 bits per heavy atom. The van der Waals surface area contributed by atoms with Crippen LogP contribution in [0.15, 0.2) is 24.3 Å². The molecule has 1 aliphatic heterocycles. The number of aliphatic hydroxyl groups is 5. The first-order valence-electron chi connectivity index (χ1n) is 18.1. The van der Waals surface area contributed by atoms with Crippen molar-refractivity contribution in [1.82, 2.24) is 5.32 Å². The third-order valence-corrected chi connectivity index (χ3v) is 8.53. The van der Waals surface area contributed by atoms with Gasteiger partial charge in [-0.15, -0.1) is 0 Å². The summed E-state index contributed by atoms with van der Waals surface area (Å²) in [5.74, 6) is -0.193. The minimum atomic E-state index is -1.57. The molecule has 1 aliphatic rings. The van der Waals surface area contributed by atoms with Crippen molar-refractivity contribution in [2.45, 2.75) is 185 Å². The normalized spacial score (nSPS) is 23.6. The van der Waals surface area contributed by atoms with Gasteiger partial charge in [-0.05, 0) is 32.1 Å². The second-order valence-corrected chi connectivity index (χ2v) is 12.7. The number of carbonyl (C=O) groups is 1. The first-order chi connectivity index (χ1) is 21.8. The van der Waals surface area contributed by atoms with Crippen LogP contribution in [0.25, 0.3) is 0 Å². The molecule has 0 spiro atoms. The smallest absolute Gasteiger partial charge is 0.220 e. The van der Waals surface area contributed by atoms with Crippen LogP contribution in [0, 0.1) is 0 Å². The number of hydrogen-bond acceptors (Lipinski definition) is 8. The van der Waals surface area contributed by atoms with Gasteiger partial charge in [0.05, 0.1) is 25.4 Å². The van der Waals surface area contributed by atoms with Gasteiger partial charge in [0.1, 0.15) is 24.4 Å². The molecule has 1 heterocycles. The number of ether oxygens (including phenoxy) is 2. The summed E-state index contributed by atoms with van der Waals surface area (Å²) in [6, 6.07) is -0.812. The summed E-state index contributed by atoms with van der Waals surface area (Å²) in [7, 11) is 0. The lowest BCUT2D eigenvalue weighted by Gasteiger charge is -2.40. The molecule has 1 saturated heterocycles. The zero-order valence-electron chi connectivity index (χ0n) is 28.4. The van der Waals surface area contributed by atoms with Gasteiger partial charge in [-0.3, -0.25) is 4.79 Å². The van der Waals surface area contributed by atoms with Gasteiger partial charge in [0.2, 0.25) is 5.91 Å². The van der Waals surface area contributed by atoms with Gasteiger partial charge in [-0.25, -0.2) is 0 Å². The molecule has 0 radical (unpaired) electrons. The van der Waals surface area contributed by atoms with E-state index in [-0.39, 0.29) is 12.5 Å². The minimum Gasteiger partial charge on any atom is -0.394 e. The summed E-state index contributed by atoms with van der Waals surface area (Å²) in [5, 5.41) is 53.7. The predicted octanol–water partition coefficient (Wildman–Crippen LogP) is 5.60. The number of allylic oxidation sites excluding steroid dienone is 3. The number of unbranched alkanes of at least 4 members (excludes halogenated alkanes) is 16. The zero-order valence-corrected chi connectivity index (χ0v) is 28.4. The minimum absolute atomic E-state index is 0.193. The quantitative estimate of drug-likeness (QED) is 0.0478. The SMILES string of the molecule is CCCCCCCCC/C=C/CC/C=C/[C@@H](O)[C@H](CO[C@@H]1O[C@H](CO)[C@@H](O)C(O)C1O)NC(=O)CCCCCCCCCCC. The second kappa shape index (κ2) is 27.8. The standard InChI is InChI=1S/C36H67NO8/c1-3-5-7-9-11-13-14-15-16-18-19-21-23-25-30(39)29(28-44-36-35(43)34(42)33(41)31(27-38)45-36)37-32(40)26-24-22-20-17-12-10-8-6-4-2/h16,18,23,25,29-31,33-36,38-39,41-43H,3-15,17,19-22,24,26-28H2,1-2H3,(H,37,40)/b18-16+,25-23+/t29-,30+,31+,33+,34?,35?,36+/m0/s1. The van der Waals surface area contributed by atoms with Gasteiger partial charge in [-0.1, -0.05) is 128 Å². The van der Waals surface area contributed by atoms with E-state index in [1.54, 1.807) is 6.08 Å². The molecule has 0 aromatic carbocycles. The summed E-state index contributed by atoms with van der Waals surface area (Å²) in [6.07, 6.45) is 22.3. The molecule has 1 fully saturated rings. The number of rotatable bonds is 28. The molecule has 0 aromatic rings. The van der Waals surface area contributed by atoms with Crippen molar-refractivity contribution in [3.8, 4) is 0 Å². The number of carbonyl (C=O) groups excluding carboxylic acids is 1. The van der Waals surface area contributed by atoms with E-state index in [2.05, 4.69) is 31.3 Å². The van der Waals surface area contributed by atoms with Gasteiger partial charge in [0.15, 0.2) is 6.29 Å². The van der Waals surface area contributed by atoms with Crippen molar-refractivity contribution < 1.29 is 39.8 Å². The predicted molar refractivity (Wildman–Crippen MR) is 180 cm³/mol. The Labute approximate surface area is 273 Å². The van der Waals surface area contributed by atoms with Crippen LogP contribution in [0.2, 0.25) is 0 Å². The largest absolute Gasteiger partial charge is 0.394 e. The van der Waals surface area contributed by atoms with E-state index < -0.39 is 49.5 Å². The summed E-state index contributed by atoms with van der Waals surface area (Å²) < 4.78 is 11.1. The molecule has 45 heavy (non-hydrogen) atoms. The van der Waals surface area contributed by atoms with Crippen LogP contribution < -0.4 is 5.32 Å². The van der Waals surface area contributed by atoms with Crippen LogP contribution in [0.3, 0.4) is 0 Å². The Bertz CT molecular complexity index is 761. The van der Waals surface area contributed by atoms with Gasteiger partial charge in [-0.2, -0.15) is 0 Å². The average molecular weight is 642 g/mol. The first kappa shape index (κ1) is 41.7. The highest BCUT2D eigenvalue weighted by atomic mass is 16.7. The van der Waals surface area contributed by atoms with Crippen molar-refractivity contribution in [3.05, 3.63) is 24.3 Å². The van der Waals surface area contributed by atoms with Crippen molar-refractivity contribution >= 4 is 5.91 Å². The molecule has 7 atom stereocenters. The van der Waals surface area contributed by atoms with E-state index in [1.807, 2.05) is 6.08 Å². The number of nitrogens with one attached hydrogen (secondary N) is 1. The molecule has 264 valence electrons. The summed E-state index contributed by atoms with van der Waals surface area (Å²) in [4.78, 5) is 12.8. The fourth-order valence-corrected chi connectivity index (χ4v) is 5.52. The highest BCUT2D eigenvalue weighted by molar-refractivity contribution is 5.76. The molecular weight excluding hydrogens is 574 g/mol. The van der Waals surface area contributed by atoms with Crippen LogP contribution in [-0.2, 0) is 14.3 Å². The lowest BCUT2D eigenvalue weighted by Crippen LogP contribution is -2.60. The fraction of sp³-hybridized carbons (Fsp3) is 0.861. The van der Waals surface area contributed by atoms with E-state index in [9.17, 15) is 30.3 Å². The van der Waals surface area contributed by atoms with E-state index >= 15 is 0 Å².